The highest BCUT2D eigenvalue weighted by atomic mass is 16.5. The summed E-state index contributed by atoms with van der Waals surface area (Å²) in [6.07, 6.45) is 2.05. The number of para-hydroxylation sites is 1. The van der Waals surface area contributed by atoms with E-state index in [1.807, 2.05) is 24.3 Å². The third-order valence-corrected chi connectivity index (χ3v) is 3.31. The summed E-state index contributed by atoms with van der Waals surface area (Å²) in [7, 11) is 1.64. The Hall–Kier alpha value is -1.55. The number of amides is 1. The van der Waals surface area contributed by atoms with Crippen molar-refractivity contribution >= 4 is 5.91 Å². The SMILES string of the molecule is COc1ccccc1CNC(=O)[C@@H]1CCCNC1. The molecule has 1 aliphatic rings. The molecule has 0 spiro atoms. The predicted molar refractivity (Wildman–Crippen MR) is 70.4 cm³/mol. The summed E-state index contributed by atoms with van der Waals surface area (Å²) >= 11 is 0. The van der Waals surface area contributed by atoms with Crippen molar-refractivity contribution in [2.75, 3.05) is 20.2 Å². The molecule has 1 amide bonds. The molecule has 1 aromatic rings. The zero-order valence-electron chi connectivity index (χ0n) is 10.7. The van der Waals surface area contributed by atoms with Crippen molar-refractivity contribution in [1.29, 1.82) is 0 Å². The number of hydrogen-bond donors (Lipinski definition) is 2. The van der Waals surface area contributed by atoms with Gasteiger partial charge in [0, 0.05) is 18.7 Å². The summed E-state index contributed by atoms with van der Waals surface area (Å²) in [6, 6.07) is 7.75. The van der Waals surface area contributed by atoms with Gasteiger partial charge >= 0.3 is 0 Å². The Bertz CT molecular complexity index is 401. The van der Waals surface area contributed by atoms with Crippen LogP contribution in [0.4, 0.5) is 0 Å². The van der Waals surface area contributed by atoms with E-state index < -0.39 is 0 Å². The maximum atomic E-state index is 12.0. The fraction of sp³-hybridized carbons (Fsp3) is 0.500. The minimum atomic E-state index is 0.105. The molecule has 0 saturated carbocycles. The lowest BCUT2D eigenvalue weighted by molar-refractivity contribution is -0.125. The van der Waals surface area contributed by atoms with E-state index in [-0.39, 0.29) is 11.8 Å². The molecule has 1 aromatic carbocycles. The van der Waals surface area contributed by atoms with Crippen LogP contribution in [0.1, 0.15) is 18.4 Å². The van der Waals surface area contributed by atoms with Gasteiger partial charge in [-0.1, -0.05) is 18.2 Å². The van der Waals surface area contributed by atoms with Crippen molar-refractivity contribution in [3.05, 3.63) is 29.8 Å². The van der Waals surface area contributed by atoms with Crippen LogP contribution in [0.2, 0.25) is 0 Å². The molecule has 18 heavy (non-hydrogen) atoms. The Morgan fingerprint density at radius 3 is 3.06 bits per heavy atom. The molecular formula is C14H20N2O2. The van der Waals surface area contributed by atoms with Crippen LogP contribution >= 0.6 is 0 Å². The standard InChI is InChI=1S/C14H20N2O2/c1-18-13-7-3-2-5-11(13)10-16-14(17)12-6-4-8-15-9-12/h2-3,5,7,12,15H,4,6,8-10H2,1H3,(H,16,17)/t12-/m1/s1. The highest BCUT2D eigenvalue weighted by Crippen LogP contribution is 2.17. The fourth-order valence-electron chi connectivity index (χ4n) is 2.25. The summed E-state index contributed by atoms with van der Waals surface area (Å²) in [4.78, 5) is 12.0. The quantitative estimate of drug-likeness (QED) is 0.844. The van der Waals surface area contributed by atoms with E-state index in [0.29, 0.717) is 6.54 Å². The first-order valence-corrected chi connectivity index (χ1v) is 6.41. The van der Waals surface area contributed by atoms with Crippen molar-refractivity contribution in [3.8, 4) is 5.75 Å². The van der Waals surface area contributed by atoms with Crippen molar-refractivity contribution < 1.29 is 9.53 Å². The lowest BCUT2D eigenvalue weighted by Crippen LogP contribution is -2.40. The summed E-state index contributed by atoms with van der Waals surface area (Å²) < 4.78 is 5.26. The largest absolute Gasteiger partial charge is 0.496 e. The second-order valence-corrected chi connectivity index (χ2v) is 4.57. The number of ether oxygens (including phenoxy) is 1. The van der Waals surface area contributed by atoms with E-state index in [9.17, 15) is 4.79 Å². The van der Waals surface area contributed by atoms with Gasteiger partial charge in [-0.3, -0.25) is 4.79 Å². The Labute approximate surface area is 108 Å². The van der Waals surface area contributed by atoms with Gasteiger partial charge in [-0.2, -0.15) is 0 Å². The first kappa shape index (κ1) is 12.9. The monoisotopic (exact) mass is 248 g/mol. The topological polar surface area (TPSA) is 50.4 Å². The van der Waals surface area contributed by atoms with Gasteiger partial charge in [-0.15, -0.1) is 0 Å². The molecule has 0 radical (unpaired) electrons. The molecule has 1 fully saturated rings. The third kappa shape index (κ3) is 3.23. The molecule has 4 nitrogen and oxygen atoms in total. The molecule has 0 bridgehead atoms. The molecular weight excluding hydrogens is 228 g/mol. The number of nitrogens with one attached hydrogen (secondary N) is 2. The Balaban J connectivity index is 1.88. The number of hydrogen-bond acceptors (Lipinski definition) is 3. The molecule has 0 aliphatic carbocycles. The lowest BCUT2D eigenvalue weighted by atomic mass is 9.99. The molecule has 1 saturated heterocycles. The van der Waals surface area contributed by atoms with E-state index in [1.54, 1.807) is 7.11 Å². The van der Waals surface area contributed by atoms with Crippen LogP contribution < -0.4 is 15.4 Å². The normalized spacial score (nSPS) is 19.3. The zero-order chi connectivity index (χ0) is 12.8. The van der Waals surface area contributed by atoms with E-state index in [4.69, 9.17) is 4.74 Å². The average Bonchev–Trinajstić information content (AvgIpc) is 2.46. The lowest BCUT2D eigenvalue weighted by Gasteiger charge is -2.22. The van der Waals surface area contributed by atoms with Crippen LogP contribution in [0.25, 0.3) is 0 Å². The highest BCUT2D eigenvalue weighted by Gasteiger charge is 2.20. The molecule has 0 unspecified atom stereocenters. The number of rotatable bonds is 4. The van der Waals surface area contributed by atoms with Crippen LogP contribution in [-0.4, -0.2) is 26.1 Å². The number of carbonyl (C=O) groups is 1. The Kier molecular flexibility index (Phi) is 4.59. The van der Waals surface area contributed by atoms with E-state index in [1.165, 1.54) is 0 Å². The Morgan fingerprint density at radius 2 is 2.33 bits per heavy atom. The number of piperidine rings is 1. The summed E-state index contributed by atoms with van der Waals surface area (Å²) in [5, 5.41) is 6.24. The van der Waals surface area contributed by atoms with Gasteiger partial charge in [0.1, 0.15) is 5.75 Å². The Morgan fingerprint density at radius 1 is 1.50 bits per heavy atom. The van der Waals surface area contributed by atoms with Crippen LogP contribution in [0, 0.1) is 5.92 Å². The van der Waals surface area contributed by atoms with Crippen LogP contribution in [0.3, 0.4) is 0 Å². The first-order valence-electron chi connectivity index (χ1n) is 6.41. The molecule has 1 aliphatic heterocycles. The van der Waals surface area contributed by atoms with Gasteiger partial charge in [0.25, 0.3) is 0 Å². The smallest absolute Gasteiger partial charge is 0.224 e. The second kappa shape index (κ2) is 6.40. The van der Waals surface area contributed by atoms with Crippen molar-refractivity contribution in [2.45, 2.75) is 19.4 Å². The summed E-state index contributed by atoms with van der Waals surface area (Å²) in [5.74, 6) is 1.06. The average molecular weight is 248 g/mol. The molecule has 0 aromatic heterocycles. The van der Waals surface area contributed by atoms with Gasteiger partial charge in [-0.05, 0) is 25.5 Å². The number of methoxy groups -OCH3 is 1. The van der Waals surface area contributed by atoms with Gasteiger partial charge < -0.3 is 15.4 Å². The number of carbonyl (C=O) groups excluding carboxylic acids is 1. The minimum absolute atomic E-state index is 0.105. The van der Waals surface area contributed by atoms with Crippen molar-refractivity contribution in [2.24, 2.45) is 5.92 Å². The van der Waals surface area contributed by atoms with Crippen LogP contribution in [0.5, 0.6) is 5.75 Å². The van der Waals surface area contributed by atoms with E-state index >= 15 is 0 Å². The molecule has 2 rings (SSSR count). The van der Waals surface area contributed by atoms with Crippen molar-refractivity contribution in [1.82, 2.24) is 10.6 Å². The molecule has 4 heteroatoms. The maximum Gasteiger partial charge on any atom is 0.224 e. The fourth-order valence-corrected chi connectivity index (χ4v) is 2.25. The highest BCUT2D eigenvalue weighted by molar-refractivity contribution is 5.79. The zero-order valence-corrected chi connectivity index (χ0v) is 10.7. The van der Waals surface area contributed by atoms with Gasteiger partial charge in [0.15, 0.2) is 0 Å². The predicted octanol–water partition coefficient (Wildman–Crippen LogP) is 1.31. The first-order chi connectivity index (χ1) is 8.81. The van der Waals surface area contributed by atoms with E-state index in [2.05, 4.69) is 10.6 Å². The minimum Gasteiger partial charge on any atom is -0.496 e. The maximum absolute atomic E-state index is 12.0. The molecule has 98 valence electrons. The van der Waals surface area contributed by atoms with Crippen molar-refractivity contribution in [3.63, 3.8) is 0 Å². The molecule has 1 atom stereocenters. The van der Waals surface area contributed by atoms with Gasteiger partial charge in [0.2, 0.25) is 5.91 Å². The number of benzene rings is 1. The molecule has 1 heterocycles. The summed E-state index contributed by atoms with van der Waals surface area (Å²) in [5.41, 5.74) is 1.01. The second-order valence-electron chi connectivity index (χ2n) is 4.57. The molecule has 2 N–H and O–H groups in total. The third-order valence-electron chi connectivity index (χ3n) is 3.31. The van der Waals surface area contributed by atoms with E-state index in [0.717, 1.165) is 37.2 Å². The summed E-state index contributed by atoms with van der Waals surface area (Å²) in [6.45, 7) is 2.34. The van der Waals surface area contributed by atoms with Crippen LogP contribution in [-0.2, 0) is 11.3 Å². The van der Waals surface area contributed by atoms with Gasteiger partial charge in [-0.25, -0.2) is 0 Å². The van der Waals surface area contributed by atoms with Crippen LogP contribution in [0.15, 0.2) is 24.3 Å². The van der Waals surface area contributed by atoms with Gasteiger partial charge in [0.05, 0.1) is 13.0 Å².